The van der Waals surface area contributed by atoms with E-state index in [9.17, 15) is 4.57 Å². The largest absolute Gasteiger partial charge is 0.298 e. The van der Waals surface area contributed by atoms with E-state index in [1.54, 1.807) is 0 Å². The van der Waals surface area contributed by atoms with Gasteiger partial charge in [-0.15, -0.1) is 5.10 Å². The Balaban J connectivity index is 3.12. The van der Waals surface area contributed by atoms with Crippen LogP contribution in [0.1, 0.15) is 13.8 Å². The van der Waals surface area contributed by atoms with E-state index in [2.05, 4.69) is 15.5 Å². The summed E-state index contributed by atoms with van der Waals surface area (Å²) >= 11 is 1.41. The van der Waals surface area contributed by atoms with Crippen molar-refractivity contribution >= 4 is 19.1 Å². The summed E-state index contributed by atoms with van der Waals surface area (Å²) in [6.45, 7) is 3.80. The van der Waals surface area contributed by atoms with Crippen LogP contribution in [0.3, 0.4) is 0 Å². The Morgan fingerprint density at radius 1 is 1.46 bits per heavy atom. The summed E-state index contributed by atoms with van der Waals surface area (Å²) < 4.78 is 13.7. The van der Waals surface area contributed by atoms with Gasteiger partial charge >= 0.3 is 0 Å². The third kappa shape index (κ3) is 1.94. The molecule has 1 heterocycles. The highest BCUT2D eigenvalue weighted by Gasteiger charge is 2.24. The number of nitrogens with zero attached hydrogens (tertiary/aromatic N) is 4. The van der Waals surface area contributed by atoms with E-state index < -0.39 is 7.29 Å². The minimum atomic E-state index is -2.38. The first-order chi connectivity index (χ1) is 6.18. The first kappa shape index (κ1) is 10.7. The second-order valence-corrected chi connectivity index (χ2v) is 6.64. The van der Waals surface area contributed by atoms with Crippen molar-refractivity contribution in [2.24, 2.45) is 0 Å². The van der Waals surface area contributed by atoms with Crippen LogP contribution < -0.4 is 0 Å². The molecule has 0 aromatic carbocycles. The maximum absolute atomic E-state index is 12.2. The smallest absolute Gasteiger partial charge is 0.215 e. The zero-order valence-corrected chi connectivity index (χ0v) is 9.68. The monoisotopic (exact) mass is 220 g/mol. The van der Waals surface area contributed by atoms with Crippen molar-refractivity contribution in [3.05, 3.63) is 0 Å². The maximum atomic E-state index is 12.2. The average molecular weight is 220 g/mol. The molecule has 0 atom stereocenters. The first-order valence-electron chi connectivity index (χ1n) is 4.09. The fourth-order valence-corrected chi connectivity index (χ4v) is 3.54. The van der Waals surface area contributed by atoms with Crippen LogP contribution in [-0.2, 0) is 4.57 Å². The van der Waals surface area contributed by atoms with Crippen molar-refractivity contribution in [3.63, 3.8) is 0 Å². The van der Waals surface area contributed by atoms with E-state index in [1.807, 2.05) is 20.1 Å². The molecule has 0 bridgehead atoms. The molecule has 0 spiro atoms. The third-order valence-corrected chi connectivity index (χ3v) is 5.63. The molecule has 0 aliphatic rings. The minimum Gasteiger partial charge on any atom is -0.298 e. The van der Waals surface area contributed by atoms with Gasteiger partial charge in [-0.3, -0.25) is 4.57 Å². The van der Waals surface area contributed by atoms with Crippen molar-refractivity contribution in [1.82, 2.24) is 20.0 Å². The van der Waals surface area contributed by atoms with Crippen LogP contribution in [0.2, 0.25) is 0 Å². The molecular weight excluding hydrogens is 207 g/mol. The zero-order chi connectivity index (χ0) is 9.90. The SMILES string of the molecule is CCP(=O)(CC)n1nnnc1SC. The van der Waals surface area contributed by atoms with Crippen molar-refractivity contribution in [1.29, 1.82) is 0 Å². The van der Waals surface area contributed by atoms with E-state index in [0.29, 0.717) is 17.5 Å². The van der Waals surface area contributed by atoms with E-state index in [1.165, 1.54) is 16.2 Å². The molecule has 7 heteroatoms. The van der Waals surface area contributed by atoms with Crippen LogP contribution >= 0.6 is 19.1 Å². The lowest BCUT2D eigenvalue weighted by molar-refractivity contribution is 0.557. The third-order valence-electron chi connectivity index (χ3n) is 1.94. The van der Waals surface area contributed by atoms with Gasteiger partial charge in [-0.1, -0.05) is 25.6 Å². The lowest BCUT2D eigenvalue weighted by Crippen LogP contribution is -2.05. The molecule has 0 N–H and O–H groups in total. The number of tetrazole rings is 1. The average Bonchev–Trinajstić information content (AvgIpc) is 2.65. The van der Waals surface area contributed by atoms with Gasteiger partial charge in [0.1, 0.15) is 0 Å². The molecule has 0 aliphatic heterocycles. The molecule has 0 radical (unpaired) electrons. The summed E-state index contributed by atoms with van der Waals surface area (Å²) in [6.07, 6.45) is 3.07. The Kier molecular flexibility index (Phi) is 3.50. The lowest BCUT2D eigenvalue weighted by atomic mass is 11.0. The van der Waals surface area contributed by atoms with E-state index in [0.717, 1.165) is 0 Å². The van der Waals surface area contributed by atoms with Crippen LogP contribution in [0.4, 0.5) is 0 Å². The highest BCUT2D eigenvalue weighted by atomic mass is 32.2. The van der Waals surface area contributed by atoms with Crippen LogP contribution in [0.15, 0.2) is 5.16 Å². The molecule has 1 aromatic rings. The highest BCUT2D eigenvalue weighted by molar-refractivity contribution is 7.98. The summed E-state index contributed by atoms with van der Waals surface area (Å²) in [4.78, 5) is 0. The van der Waals surface area contributed by atoms with Gasteiger partial charge in [0, 0.05) is 12.3 Å². The number of thioether (sulfide) groups is 1. The lowest BCUT2D eigenvalue weighted by Gasteiger charge is -2.13. The van der Waals surface area contributed by atoms with Crippen molar-refractivity contribution < 1.29 is 4.57 Å². The second-order valence-electron chi connectivity index (χ2n) is 2.53. The number of rotatable bonds is 4. The summed E-state index contributed by atoms with van der Waals surface area (Å²) in [7, 11) is -2.38. The van der Waals surface area contributed by atoms with Crippen LogP contribution in [0.5, 0.6) is 0 Å². The molecule has 1 aromatic heterocycles. The molecule has 0 saturated heterocycles. The van der Waals surface area contributed by atoms with Gasteiger partial charge in [0.15, 0.2) is 7.29 Å². The predicted molar refractivity (Wildman–Crippen MR) is 53.7 cm³/mol. The van der Waals surface area contributed by atoms with E-state index in [-0.39, 0.29) is 0 Å². The molecule has 0 saturated carbocycles. The molecule has 0 unspecified atom stereocenters. The van der Waals surface area contributed by atoms with Crippen molar-refractivity contribution in [2.75, 3.05) is 18.6 Å². The topological polar surface area (TPSA) is 60.7 Å². The van der Waals surface area contributed by atoms with Gasteiger partial charge < -0.3 is 0 Å². The fourth-order valence-electron chi connectivity index (χ4n) is 1.02. The summed E-state index contributed by atoms with van der Waals surface area (Å²) in [5, 5.41) is 11.7. The maximum Gasteiger partial charge on any atom is 0.215 e. The standard InChI is InChI=1S/C6H13N4OPS/c1-4-12(11,5-2)10-6(13-3)7-8-9-10/h4-5H2,1-3H3. The highest BCUT2D eigenvalue weighted by Crippen LogP contribution is 2.46. The second kappa shape index (κ2) is 4.24. The fraction of sp³-hybridized carbons (Fsp3) is 0.833. The summed E-state index contributed by atoms with van der Waals surface area (Å²) in [5.41, 5.74) is 0. The molecule has 13 heavy (non-hydrogen) atoms. The predicted octanol–water partition coefficient (Wildman–Crippen LogP) is 1.56. The van der Waals surface area contributed by atoms with E-state index in [4.69, 9.17) is 0 Å². The van der Waals surface area contributed by atoms with Gasteiger partial charge in [-0.2, -0.15) is 4.45 Å². The molecule has 1 rings (SSSR count). The zero-order valence-electron chi connectivity index (χ0n) is 7.97. The van der Waals surface area contributed by atoms with E-state index >= 15 is 0 Å². The van der Waals surface area contributed by atoms with Crippen LogP contribution in [0, 0.1) is 0 Å². The quantitative estimate of drug-likeness (QED) is 0.569. The molecule has 74 valence electrons. The Bertz CT molecular complexity index is 318. The first-order valence-corrected chi connectivity index (χ1v) is 7.34. The number of hydrogen-bond donors (Lipinski definition) is 0. The van der Waals surface area contributed by atoms with Crippen molar-refractivity contribution in [3.8, 4) is 0 Å². The Labute approximate surface area is 81.7 Å². The minimum absolute atomic E-state index is 0.599. The van der Waals surface area contributed by atoms with Gasteiger partial charge in [0.2, 0.25) is 5.16 Å². The summed E-state index contributed by atoms with van der Waals surface area (Å²) in [5.74, 6) is 0. The normalized spacial score (nSPS) is 11.9. The summed E-state index contributed by atoms with van der Waals surface area (Å²) in [6, 6.07) is 0. The molecule has 0 aliphatic carbocycles. The molecule has 0 amide bonds. The Hall–Kier alpha value is -0.350. The molecule has 5 nitrogen and oxygen atoms in total. The number of hydrogen-bond acceptors (Lipinski definition) is 5. The Morgan fingerprint density at radius 3 is 2.54 bits per heavy atom. The van der Waals surface area contributed by atoms with Gasteiger partial charge in [-0.25, -0.2) is 0 Å². The van der Waals surface area contributed by atoms with Crippen molar-refractivity contribution in [2.45, 2.75) is 19.0 Å². The van der Waals surface area contributed by atoms with Crippen LogP contribution in [0.25, 0.3) is 0 Å². The molecule has 0 fully saturated rings. The molecular formula is C6H13N4OPS. The van der Waals surface area contributed by atoms with Gasteiger partial charge in [0.25, 0.3) is 0 Å². The Morgan fingerprint density at radius 2 is 2.08 bits per heavy atom. The van der Waals surface area contributed by atoms with Gasteiger partial charge in [0.05, 0.1) is 0 Å². The van der Waals surface area contributed by atoms with Crippen LogP contribution in [-0.4, -0.2) is 38.6 Å². The van der Waals surface area contributed by atoms with Gasteiger partial charge in [-0.05, 0) is 16.7 Å². The number of aromatic nitrogens is 4.